The number of methoxy groups -OCH3 is 1. The van der Waals surface area contributed by atoms with Gasteiger partial charge in [-0.05, 0) is 36.2 Å². The van der Waals surface area contributed by atoms with E-state index >= 15 is 0 Å². The van der Waals surface area contributed by atoms with Crippen LogP contribution in [0.3, 0.4) is 0 Å². The van der Waals surface area contributed by atoms with Gasteiger partial charge in [0.25, 0.3) is 0 Å². The molecule has 1 N–H and O–H groups in total. The molecule has 4 nitrogen and oxygen atoms in total. The molecule has 0 saturated heterocycles. The summed E-state index contributed by atoms with van der Waals surface area (Å²) in [6.07, 6.45) is 0.792. The van der Waals surface area contributed by atoms with Gasteiger partial charge in [0.2, 0.25) is 0 Å². The largest absolute Gasteiger partial charge is 0.497 e. The van der Waals surface area contributed by atoms with Crippen LogP contribution in [0, 0.1) is 0 Å². The summed E-state index contributed by atoms with van der Waals surface area (Å²) < 4.78 is 7.94. The van der Waals surface area contributed by atoms with Crippen molar-refractivity contribution in [3.05, 3.63) is 45.7 Å². The Morgan fingerprint density at radius 2 is 2.15 bits per heavy atom. The van der Waals surface area contributed by atoms with Crippen molar-refractivity contribution < 1.29 is 9.84 Å². The first kappa shape index (κ1) is 15.1. The number of hydrogen-bond acceptors (Lipinski definition) is 3. The van der Waals surface area contributed by atoms with Crippen LogP contribution in [0.25, 0.3) is 0 Å². The Morgan fingerprint density at radius 1 is 1.40 bits per heavy atom. The van der Waals surface area contributed by atoms with Crippen molar-refractivity contribution in [2.24, 2.45) is 7.05 Å². The summed E-state index contributed by atoms with van der Waals surface area (Å²) in [7, 11) is 3.50. The van der Waals surface area contributed by atoms with Crippen molar-refractivity contribution >= 4 is 15.9 Å². The zero-order chi connectivity index (χ0) is 14.7. The molecular weight excluding hydrogens is 320 g/mol. The molecule has 5 heteroatoms. The predicted octanol–water partition coefficient (Wildman–Crippen LogP) is 3.03. The highest BCUT2D eigenvalue weighted by molar-refractivity contribution is 9.10. The molecule has 0 radical (unpaired) electrons. The lowest BCUT2D eigenvalue weighted by Crippen LogP contribution is -2.08. The number of nitrogens with zero attached hydrogens (tertiary/aromatic N) is 2. The van der Waals surface area contributed by atoms with Gasteiger partial charge in [0, 0.05) is 17.9 Å². The molecule has 1 atom stereocenters. The molecule has 2 rings (SSSR count). The molecule has 1 unspecified atom stereocenters. The molecular formula is C15H19BrN2O2. The van der Waals surface area contributed by atoms with Gasteiger partial charge < -0.3 is 9.84 Å². The van der Waals surface area contributed by atoms with Gasteiger partial charge in [0.05, 0.1) is 24.6 Å². The number of aliphatic hydroxyl groups is 1. The number of rotatable bonds is 5. The van der Waals surface area contributed by atoms with Gasteiger partial charge >= 0.3 is 0 Å². The first-order chi connectivity index (χ1) is 9.55. The Hall–Kier alpha value is -1.33. The van der Waals surface area contributed by atoms with Crippen LogP contribution < -0.4 is 4.74 Å². The standard InChI is InChI=1S/C15H19BrN2O2/c1-4-11-9-14(18(2)17-11)15(19)8-10-7-12(20-3)5-6-13(10)16/h5-7,9,15,19H,4,8H2,1-3H3. The second-order valence-electron chi connectivity index (χ2n) is 4.71. The van der Waals surface area contributed by atoms with Crippen molar-refractivity contribution in [3.8, 4) is 5.75 Å². The summed E-state index contributed by atoms with van der Waals surface area (Å²) in [6, 6.07) is 7.71. The van der Waals surface area contributed by atoms with Gasteiger partial charge in [-0.1, -0.05) is 22.9 Å². The summed E-state index contributed by atoms with van der Waals surface area (Å²) in [6.45, 7) is 2.05. The van der Waals surface area contributed by atoms with Crippen LogP contribution in [0.4, 0.5) is 0 Å². The van der Waals surface area contributed by atoms with Crippen molar-refractivity contribution in [1.29, 1.82) is 0 Å². The van der Waals surface area contributed by atoms with E-state index in [0.717, 1.165) is 33.6 Å². The molecule has 0 spiro atoms. The van der Waals surface area contributed by atoms with Crippen LogP contribution in [0.1, 0.15) is 30.0 Å². The van der Waals surface area contributed by atoms with E-state index in [9.17, 15) is 5.11 Å². The minimum absolute atomic E-state index is 0.514. The molecule has 1 aromatic heterocycles. The average Bonchev–Trinajstić information content (AvgIpc) is 2.82. The van der Waals surface area contributed by atoms with Crippen LogP contribution in [-0.4, -0.2) is 22.0 Å². The number of benzene rings is 1. The van der Waals surface area contributed by atoms with Crippen LogP contribution in [0.2, 0.25) is 0 Å². The summed E-state index contributed by atoms with van der Waals surface area (Å²) in [4.78, 5) is 0. The number of halogens is 1. The normalized spacial score (nSPS) is 12.4. The molecule has 1 heterocycles. The number of hydrogen-bond donors (Lipinski definition) is 1. The third-order valence-corrected chi connectivity index (χ3v) is 4.11. The van der Waals surface area contributed by atoms with Crippen molar-refractivity contribution in [2.45, 2.75) is 25.9 Å². The Kier molecular flexibility index (Phi) is 4.83. The molecule has 0 aliphatic carbocycles. The van der Waals surface area contributed by atoms with E-state index in [4.69, 9.17) is 4.74 Å². The fourth-order valence-electron chi connectivity index (χ4n) is 2.18. The van der Waals surface area contributed by atoms with Gasteiger partial charge in [0.1, 0.15) is 5.75 Å². The van der Waals surface area contributed by atoms with Crippen molar-refractivity contribution in [1.82, 2.24) is 9.78 Å². The van der Waals surface area contributed by atoms with Gasteiger partial charge in [-0.15, -0.1) is 0 Å². The molecule has 1 aromatic carbocycles. The second-order valence-corrected chi connectivity index (χ2v) is 5.57. The molecule has 0 saturated carbocycles. The third kappa shape index (κ3) is 3.22. The Bertz CT molecular complexity index is 596. The Balaban J connectivity index is 2.22. The lowest BCUT2D eigenvalue weighted by molar-refractivity contribution is 0.168. The number of aromatic nitrogens is 2. The first-order valence-corrected chi connectivity index (χ1v) is 7.37. The Labute approximate surface area is 127 Å². The molecule has 0 aliphatic rings. The van der Waals surface area contributed by atoms with Gasteiger partial charge in [-0.25, -0.2) is 0 Å². The van der Waals surface area contributed by atoms with Gasteiger partial charge in [0.15, 0.2) is 0 Å². The summed E-state index contributed by atoms with van der Waals surface area (Å²) >= 11 is 3.51. The van der Waals surface area contributed by atoms with E-state index < -0.39 is 6.10 Å². The molecule has 0 bridgehead atoms. The van der Waals surface area contributed by atoms with E-state index in [1.165, 1.54) is 0 Å². The van der Waals surface area contributed by atoms with E-state index in [0.29, 0.717) is 6.42 Å². The molecule has 2 aromatic rings. The quantitative estimate of drug-likeness (QED) is 0.911. The van der Waals surface area contributed by atoms with E-state index in [2.05, 4.69) is 28.0 Å². The van der Waals surface area contributed by atoms with Crippen LogP contribution in [0.15, 0.2) is 28.7 Å². The fourth-order valence-corrected chi connectivity index (χ4v) is 2.58. The monoisotopic (exact) mass is 338 g/mol. The summed E-state index contributed by atoms with van der Waals surface area (Å²) in [5.74, 6) is 0.787. The smallest absolute Gasteiger partial charge is 0.119 e. The highest BCUT2D eigenvalue weighted by Crippen LogP contribution is 2.27. The Morgan fingerprint density at radius 3 is 2.75 bits per heavy atom. The summed E-state index contributed by atoms with van der Waals surface area (Å²) in [5.41, 5.74) is 2.83. The van der Waals surface area contributed by atoms with Crippen LogP contribution in [0.5, 0.6) is 5.75 Å². The zero-order valence-electron chi connectivity index (χ0n) is 11.9. The van der Waals surface area contributed by atoms with Crippen molar-refractivity contribution in [3.63, 3.8) is 0 Å². The molecule has 0 aliphatic heterocycles. The SMILES string of the molecule is CCc1cc(C(O)Cc2cc(OC)ccc2Br)n(C)n1. The average molecular weight is 339 g/mol. The lowest BCUT2D eigenvalue weighted by Gasteiger charge is -2.13. The maximum absolute atomic E-state index is 10.4. The van der Waals surface area contributed by atoms with E-state index in [1.54, 1.807) is 11.8 Å². The molecule has 0 amide bonds. The molecule has 20 heavy (non-hydrogen) atoms. The van der Waals surface area contributed by atoms with Crippen LogP contribution >= 0.6 is 15.9 Å². The highest BCUT2D eigenvalue weighted by Gasteiger charge is 2.16. The van der Waals surface area contributed by atoms with Gasteiger partial charge in [-0.3, -0.25) is 4.68 Å². The topological polar surface area (TPSA) is 47.3 Å². The lowest BCUT2D eigenvalue weighted by atomic mass is 10.0. The number of ether oxygens (including phenoxy) is 1. The summed E-state index contributed by atoms with van der Waals surface area (Å²) in [5, 5.41) is 14.8. The number of aliphatic hydroxyl groups excluding tert-OH is 1. The van der Waals surface area contributed by atoms with E-state index in [1.807, 2.05) is 31.3 Å². The predicted molar refractivity (Wildman–Crippen MR) is 81.9 cm³/mol. The zero-order valence-corrected chi connectivity index (χ0v) is 13.5. The minimum atomic E-state index is -0.587. The maximum Gasteiger partial charge on any atom is 0.119 e. The van der Waals surface area contributed by atoms with Crippen molar-refractivity contribution in [2.75, 3.05) is 7.11 Å². The third-order valence-electron chi connectivity index (χ3n) is 3.34. The first-order valence-electron chi connectivity index (χ1n) is 6.58. The second kappa shape index (κ2) is 6.41. The van der Waals surface area contributed by atoms with Gasteiger partial charge in [-0.2, -0.15) is 5.10 Å². The fraction of sp³-hybridized carbons (Fsp3) is 0.400. The molecule has 0 fully saturated rings. The molecule has 108 valence electrons. The minimum Gasteiger partial charge on any atom is -0.497 e. The maximum atomic E-state index is 10.4. The van der Waals surface area contributed by atoms with E-state index in [-0.39, 0.29) is 0 Å². The van der Waals surface area contributed by atoms with Crippen LogP contribution in [-0.2, 0) is 19.9 Å². The number of aryl methyl sites for hydroxylation is 2. The highest BCUT2D eigenvalue weighted by atomic mass is 79.9.